The summed E-state index contributed by atoms with van der Waals surface area (Å²) in [6.07, 6.45) is -0.0615. The van der Waals surface area contributed by atoms with Crippen molar-refractivity contribution in [3.8, 4) is 0 Å². The van der Waals surface area contributed by atoms with Gasteiger partial charge >= 0.3 is 0 Å². The topological polar surface area (TPSA) is 85.3 Å². The van der Waals surface area contributed by atoms with Gasteiger partial charge in [-0.25, -0.2) is 0 Å². The minimum atomic E-state index is -0.978. The molecule has 0 spiro atoms. The van der Waals surface area contributed by atoms with Gasteiger partial charge < -0.3 is 19.3 Å². The number of amides is 2. The van der Waals surface area contributed by atoms with E-state index < -0.39 is 30.3 Å². The van der Waals surface area contributed by atoms with Gasteiger partial charge in [0.05, 0.1) is 24.7 Å². The maximum absolute atomic E-state index is 12.4. The number of imide groups is 1. The molecule has 1 N–H and O–H groups in total. The van der Waals surface area contributed by atoms with Gasteiger partial charge in [-0.15, -0.1) is 0 Å². The third-order valence-corrected chi connectivity index (χ3v) is 4.14. The number of aliphatic hydroxyl groups excluding tert-OH is 1. The molecule has 0 aromatic rings. The lowest BCUT2D eigenvalue weighted by Crippen LogP contribution is -2.47. The second kappa shape index (κ2) is 7.74. The van der Waals surface area contributed by atoms with Gasteiger partial charge in [0.15, 0.2) is 0 Å². The number of likely N-dealkylation sites (N-methyl/N-ethyl adjacent to an activating group) is 1. The van der Waals surface area contributed by atoms with Gasteiger partial charge in [0, 0.05) is 13.1 Å². The summed E-state index contributed by atoms with van der Waals surface area (Å²) in [6.45, 7) is 7.84. The molecule has 1 saturated heterocycles. The quantitative estimate of drug-likeness (QED) is 0.709. The average molecular weight is 341 g/mol. The molecule has 2 amide bonds. The van der Waals surface area contributed by atoms with E-state index in [0.29, 0.717) is 0 Å². The third-order valence-electron chi connectivity index (χ3n) is 4.14. The Morgan fingerprint density at radius 2 is 1.92 bits per heavy atom. The van der Waals surface area contributed by atoms with Crippen LogP contribution in [0.1, 0.15) is 27.7 Å². The van der Waals surface area contributed by atoms with E-state index in [4.69, 9.17) is 14.2 Å². The first-order chi connectivity index (χ1) is 11.2. The maximum Gasteiger partial charge on any atom is 0.252 e. The average Bonchev–Trinajstić information content (AvgIpc) is 2.79. The minimum Gasteiger partial charge on any atom is -0.388 e. The lowest BCUT2D eigenvalue weighted by atomic mass is 9.92. The van der Waals surface area contributed by atoms with E-state index >= 15 is 0 Å². The van der Waals surface area contributed by atoms with Crippen LogP contribution in [-0.4, -0.2) is 72.1 Å². The largest absolute Gasteiger partial charge is 0.388 e. The normalized spacial score (nSPS) is 34.0. The molecule has 0 aliphatic carbocycles. The van der Waals surface area contributed by atoms with Gasteiger partial charge in [-0.1, -0.05) is 6.08 Å². The number of nitrogens with zero attached hydrogens (tertiary/aromatic N) is 1. The summed E-state index contributed by atoms with van der Waals surface area (Å²) in [7, 11) is 1.42. The summed E-state index contributed by atoms with van der Waals surface area (Å²) < 4.78 is 17.3. The second-order valence-electron chi connectivity index (χ2n) is 6.78. The number of ether oxygens (including phenoxy) is 3. The van der Waals surface area contributed by atoms with Crippen LogP contribution in [0.4, 0.5) is 0 Å². The summed E-state index contributed by atoms with van der Waals surface area (Å²) in [4.78, 5) is 25.0. The zero-order chi connectivity index (χ0) is 18.0. The molecule has 0 radical (unpaired) electrons. The van der Waals surface area contributed by atoms with Crippen molar-refractivity contribution in [2.75, 3.05) is 13.7 Å². The molecule has 136 valence electrons. The Balaban J connectivity index is 2.17. The number of rotatable bonds is 6. The highest BCUT2D eigenvalue weighted by Crippen LogP contribution is 2.32. The summed E-state index contributed by atoms with van der Waals surface area (Å²) in [5.41, 5.74) is 0. The van der Waals surface area contributed by atoms with E-state index in [0.717, 1.165) is 4.90 Å². The fourth-order valence-corrected chi connectivity index (χ4v) is 2.93. The molecule has 0 saturated carbocycles. The zero-order valence-electron chi connectivity index (χ0n) is 14.8. The number of aliphatic hydroxyl groups is 1. The highest BCUT2D eigenvalue weighted by molar-refractivity contribution is 6.05. The molecule has 7 heteroatoms. The minimum absolute atomic E-state index is 0.0180. The second-order valence-corrected chi connectivity index (χ2v) is 6.78. The molecule has 2 aliphatic rings. The number of hydrogen-bond acceptors (Lipinski definition) is 6. The highest BCUT2D eigenvalue weighted by Gasteiger charge is 2.50. The van der Waals surface area contributed by atoms with E-state index in [9.17, 15) is 14.7 Å². The summed E-state index contributed by atoms with van der Waals surface area (Å²) in [6, 6.07) is 0. The van der Waals surface area contributed by atoms with Crippen molar-refractivity contribution < 1.29 is 28.9 Å². The van der Waals surface area contributed by atoms with Crippen molar-refractivity contribution >= 4 is 11.8 Å². The van der Waals surface area contributed by atoms with E-state index in [-0.39, 0.29) is 30.6 Å². The lowest BCUT2D eigenvalue weighted by Gasteiger charge is -2.28. The molecule has 5 atom stereocenters. The van der Waals surface area contributed by atoms with Gasteiger partial charge in [-0.2, -0.15) is 0 Å². The van der Waals surface area contributed by atoms with Crippen LogP contribution >= 0.6 is 0 Å². The molecular weight excluding hydrogens is 314 g/mol. The molecule has 0 bridgehead atoms. The van der Waals surface area contributed by atoms with Crippen LogP contribution < -0.4 is 0 Å². The third kappa shape index (κ3) is 4.03. The smallest absolute Gasteiger partial charge is 0.252 e. The maximum atomic E-state index is 12.4. The van der Waals surface area contributed by atoms with Crippen molar-refractivity contribution in [1.29, 1.82) is 0 Å². The van der Waals surface area contributed by atoms with Crippen LogP contribution in [0.15, 0.2) is 12.2 Å². The Morgan fingerprint density at radius 3 is 2.50 bits per heavy atom. The Hall–Kier alpha value is -1.28. The molecule has 2 rings (SSSR count). The summed E-state index contributed by atoms with van der Waals surface area (Å²) in [5, 5.41) is 10.7. The Morgan fingerprint density at radius 1 is 1.25 bits per heavy atom. The number of hydrogen-bond donors (Lipinski definition) is 1. The van der Waals surface area contributed by atoms with Crippen LogP contribution in [-0.2, 0) is 23.8 Å². The van der Waals surface area contributed by atoms with E-state index in [1.807, 2.05) is 27.7 Å². The van der Waals surface area contributed by atoms with Crippen LogP contribution in [0.3, 0.4) is 0 Å². The molecular formula is C17H27NO6. The highest BCUT2D eigenvalue weighted by atomic mass is 16.6. The Bertz CT molecular complexity index is 503. The van der Waals surface area contributed by atoms with Crippen LogP contribution in [0.25, 0.3) is 0 Å². The van der Waals surface area contributed by atoms with Crippen LogP contribution in [0.5, 0.6) is 0 Å². The summed E-state index contributed by atoms with van der Waals surface area (Å²) in [5.74, 6) is -1.48. The van der Waals surface area contributed by atoms with E-state index in [1.165, 1.54) is 19.2 Å². The monoisotopic (exact) mass is 341 g/mol. The van der Waals surface area contributed by atoms with Crippen molar-refractivity contribution in [2.45, 2.75) is 64.3 Å². The molecule has 7 nitrogen and oxygen atoms in total. The molecule has 2 heterocycles. The number of carbonyl (C=O) groups excluding carboxylic acids is 2. The Kier molecular flexibility index (Phi) is 6.14. The molecule has 24 heavy (non-hydrogen) atoms. The van der Waals surface area contributed by atoms with Crippen molar-refractivity contribution in [3.63, 3.8) is 0 Å². The standard InChI is InChI=1S/C17H27NO6/c1-9(2)22-8-12-16(23-10(3)4)14(20)15(24-12)11-6-7-13(19)18(5)17(11)21/h6-7,9-12,14-16,20H,8H2,1-5H3/t11?,12-,14-,15+,16?/m1/s1. The first-order valence-corrected chi connectivity index (χ1v) is 8.32. The SMILES string of the molecule is CC(C)OC[C@H]1O[C@@H](C2C=CC(=O)N(C)C2=O)[C@@H](O)C1OC(C)C. The van der Waals surface area contributed by atoms with Crippen LogP contribution in [0, 0.1) is 5.92 Å². The van der Waals surface area contributed by atoms with Crippen molar-refractivity contribution in [3.05, 3.63) is 12.2 Å². The van der Waals surface area contributed by atoms with Crippen molar-refractivity contribution in [1.82, 2.24) is 4.90 Å². The predicted octanol–water partition coefficient (Wildman–Crippen LogP) is 0.504. The van der Waals surface area contributed by atoms with Gasteiger partial charge in [-0.05, 0) is 27.7 Å². The predicted molar refractivity (Wildman–Crippen MR) is 86.2 cm³/mol. The lowest BCUT2D eigenvalue weighted by molar-refractivity contribution is -0.148. The Labute approximate surface area is 142 Å². The first-order valence-electron chi connectivity index (χ1n) is 8.32. The van der Waals surface area contributed by atoms with E-state index in [2.05, 4.69) is 0 Å². The van der Waals surface area contributed by atoms with Gasteiger partial charge in [0.25, 0.3) is 5.91 Å². The first kappa shape index (κ1) is 19.1. The molecule has 0 aromatic carbocycles. The molecule has 2 aliphatic heterocycles. The van der Waals surface area contributed by atoms with Gasteiger partial charge in [0.1, 0.15) is 24.4 Å². The zero-order valence-corrected chi connectivity index (χ0v) is 14.8. The molecule has 2 unspecified atom stereocenters. The molecule has 1 fully saturated rings. The summed E-state index contributed by atoms with van der Waals surface area (Å²) >= 11 is 0. The van der Waals surface area contributed by atoms with Gasteiger partial charge in [0.2, 0.25) is 5.91 Å². The number of carbonyl (C=O) groups is 2. The van der Waals surface area contributed by atoms with Crippen LogP contribution in [0.2, 0.25) is 0 Å². The van der Waals surface area contributed by atoms with Crippen molar-refractivity contribution in [2.24, 2.45) is 5.92 Å². The fourth-order valence-electron chi connectivity index (χ4n) is 2.93. The molecule has 0 aromatic heterocycles. The van der Waals surface area contributed by atoms with E-state index in [1.54, 1.807) is 0 Å². The fraction of sp³-hybridized carbons (Fsp3) is 0.765. The van der Waals surface area contributed by atoms with Gasteiger partial charge in [-0.3, -0.25) is 14.5 Å².